The van der Waals surface area contributed by atoms with Crippen molar-refractivity contribution in [2.45, 2.75) is 20.4 Å². The standard InChI is InChI=1S/C12H18N2O4/c1-7(5-13)11(15)14-6-9-4-10(8(2)18-9)12(16)17-3/h4,7H,5-6,13H2,1-3H3,(H,14,15). The van der Waals surface area contributed by atoms with Gasteiger partial charge in [-0.2, -0.15) is 0 Å². The molecule has 1 rings (SSSR count). The number of rotatable bonds is 5. The minimum atomic E-state index is -0.454. The number of methoxy groups -OCH3 is 1. The highest BCUT2D eigenvalue weighted by molar-refractivity contribution is 5.90. The average Bonchev–Trinajstić information content (AvgIpc) is 2.75. The van der Waals surface area contributed by atoms with Crippen LogP contribution in [0.15, 0.2) is 10.5 Å². The highest BCUT2D eigenvalue weighted by Gasteiger charge is 2.16. The molecule has 1 heterocycles. The SMILES string of the molecule is COC(=O)c1cc(CNC(=O)C(C)CN)oc1C. The number of aryl methyl sites for hydroxylation is 1. The van der Waals surface area contributed by atoms with Crippen molar-refractivity contribution >= 4 is 11.9 Å². The molecule has 0 aliphatic rings. The molecule has 0 saturated heterocycles. The van der Waals surface area contributed by atoms with Gasteiger partial charge in [0.2, 0.25) is 5.91 Å². The van der Waals surface area contributed by atoms with E-state index in [9.17, 15) is 9.59 Å². The first kappa shape index (κ1) is 14.2. The molecule has 0 fully saturated rings. The Bertz CT molecular complexity index is 439. The number of amides is 1. The number of carbonyl (C=O) groups is 2. The number of furan rings is 1. The van der Waals surface area contributed by atoms with Crippen LogP contribution in [0, 0.1) is 12.8 Å². The van der Waals surface area contributed by atoms with E-state index in [4.69, 9.17) is 10.2 Å². The van der Waals surface area contributed by atoms with E-state index in [2.05, 4.69) is 10.1 Å². The molecule has 1 atom stereocenters. The van der Waals surface area contributed by atoms with Crippen LogP contribution < -0.4 is 11.1 Å². The highest BCUT2D eigenvalue weighted by Crippen LogP contribution is 2.15. The minimum absolute atomic E-state index is 0.147. The molecule has 0 radical (unpaired) electrons. The Morgan fingerprint density at radius 1 is 1.56 bits per heavy atom. The van der Waals surface area contributed by atoms with E-state index < -0.39 is 5.97 Å². The third-order valence-electron chi connectivity index (χ3n) is 2.61. The molecule has 0 aromatic carbocycles. The first-order chi connectivity index (χ1) is 8.49. The smallest absolute Gasteiger partial charge is 0.341 e. The molecule has 1 aromatic rings. The fraction of sp³-hybridized carbons (Fsp3) is 0.500. The van der Waals surface area contributed by atoms with Gasteiger partial charge in [-0.3, -0.25) is 4.79 Å². The molecule has 0 aliphatic heterocycles. The average molecular weight is 254 g/mol. The molecule has 6 nitrogen and oxygen atoms in total. The van der Waals surface area contributed by atoms with Crippen LogP contribution in [-0.4, -0.2) is 25.5 Å². The van der Waals surface area contributed by atoms with Crippen molar-refractivity contribution in [3.63, 3.8) is 0 Å². The number of ether oxygens (including phenoxy) is 1. The van der Waals surface area contributed by atoms with Gasteiger partial charge < -0.3 is 20.2 Å². The maximum Gasteiger partial charge on any atom is 0.341 e. The van der Waals surface area contributed by atoms with Crippen LogP contribution in [0.5, 0.6) is 0 Å². The maximum absolute atomic E-state index is 11.5. The molecular weight excluding hydrogens is 236 g/mol. The fourth-order valence-corrected chi connectivity index (χ4v) is 1.40. The Kier molecular flexibility index (Phi) is 4.91. The Labute approximate surface area is 105 Å². The van der Waals surface area contributed by atoms with Crippen molar-refractivity contribution in [3.05, 3.63) is 23.2 Å². The predicted octanol–water partition coefficient (Wildman–Crippen LogP) is 0.586. The fourth-order valence-electron chi connectivity index (χ4n) is 1.40. The molecule has 100 valence electrons. The van der Waals surface area contributed by atoms with E-state index >= 15 is 0 Å². The van der Waals surface area contributed by atoms with E-state index in [1.807, 2.05) is 0 Å². The van der Waals surface area contributed by atoms with Crippen molar-refractivity contribution < 1.29 is 18.7 Å². The first-order valence-electron chi connectivity index (χ1n) is 5.65. The summed E-state index contributed by atoms with van der Waals surface area (Å²) in [6, 6.07) is 1.56. The second-order valence-corrected chi connectivity index (χ2v) is 4.03. The van der Waals surface area contributed by atoms with Crippen molar-refractivity contribution in [1.82, 2.24) is 5.32 Å². The Hall–Kier alpha value is -1.82. The quantitative estimate of drug-likeness (QED) is 0.750. The Balaban J connectivity index is 2.64. The topological polar surface area (TPSA) is 94.6 Å². The van der Waals surface area contributed by atoms with Crippen LogP contribution in [0.25, 0.3) is 0 Å². The zero-order valence-electron chi connectivity index (χ0n) is 10.8. The summed E-state index contributed by atoms with van der Waals surface area (Å²) in [6.45, 7) is 3.92. The molecule has 0 aliphatic carbocycles. The third-order valence-corrected chi connectivity index (χ3v) is 2.61. The molecule has 3 N–H and O–H groups in total. The molecule has 18 heavy (non-hydrogen) atoms. The zero-order valence-corrected chi connectivity index (χ0v) is 10.8. The Morgan fingerprint density at radius 2 is 2.22 bits per heavy atom. The van der Waals surface area contributed by atoms with Gasteiger partial charge in [0.1, 0.15) is 17.1 Å². The summed E-state index contributed by atoms with van der Waals surface area (Å²) in [4.78, 5) is 22.9. The van der Waals surface area contributed by atoms with E-state index in [-0.39, 0.29) is 24.9 Å². The van der Waals surface area contributed by atoms with E-state index in [1.165, 1.54) is 7.11 Å². The largest absolute Gasteiger partial charge is 0.465 e. The van der Waals surface area contributed by atoms with Gasteiger partial charge in [0.15, 0.2) is 0 Å². The van der Waals surface area contributed by atoms with E-state index in [1.54, 1.807) is 19.9 Å². The van der Waals surface area contributed by atoms with Gasteiger partial charge in [-0.1, -0.05) is 6.92 Å². The number of hydrogen-bond acceptors (Lipinski definition) is 5. The normalized spacial score (nSPS) is 12.0. The van der Waals surface area contributed by atoms with E-state index in [0.717, 1.165) is 0 Å². The summed E-state index contributed by atoms with van der Waals surface area (Å²) in [5.41, 5.74) is 5.75. The van der Waals surface area contributed by atoms with Crippen LogP contribution in [0.1, 0.15) is 28.8 Å². The van der Waals surface area contributed by atoms with Crippen LogP contribution >= 0.6 is 0 Å². The van der Waals surface area contributed by atoms with Gasteiger partial charge in [0, 0.05) is 12.5 Å². The van der Waals surface area contributed by atoms with Gasteiger partial charge in [0.25, 0.3) is 0 Å². The van der Waals surface area contributed by atoms with Gasteiger partial charge in [-0.05, 0) is 13.0 Å². The monoisotopic (exact) mass is 254 g/mol. The van der Waals surface area contributed by atoms with Crippen molar-refractivity contribution in [3.8, 4) is 0 Å². The summed E-state index contributed by atoms with van der Waals surface area (Å²) < 4.78 is 9.96. The first-order valence-corrected chi connectivity index (χ1v) is 5.65. The predicted molar refractivity (Wildman–Crippen MR) is 64.8 cm³/mol. The summed E-state index contributed by atoms with van der Waals surface area (Å²) in [6.07, 6.45) is 0. The molecule has 0 bridgehead atoms. The van der Waals surface area contributed by atoms with Crippen LogP contribution in [0.2, 0.25) is 0 Å². The van der Waals surface area contributed by atoms with Crippen molar-refractivity contribution in [1.29, 1.82) is 0 Å². The second kappa shape index (κ2) is 6.20. The van der Waals surface area contributed by atoms with Gasteiger partial charge >= 0.3 is 5.97 Å². The minimum Gasteiger partial charge on any atom is -0.465 e. The second-order valence-electron chi connectivity index (χ2n) is 4.03. The molecule has 6 heteroatoms. The molecule has 1 aromatic heterocycles. The van der Waals surface area contributed by atoms with Gasteiger partial charge in [-0.15, -0.1) is 0 Å². The molecular formula is C12H18N2O4. The summed E-state index contributed by atoms with van der Waals surface area (Å²) in [5.74, 6) is 0.125. The molecule has 1 amide bonds. The lowest BCUT2D eigenvalue weighted by atomic mass is 10.1. The lowest BCUT2D eigenvalue weighted by Gasteiger charge is -2.08. The Morgan fingerprint density at radius 3 is 2.78 bits per heavy atom. The van der Waals surface area contributed by atoms with Crippen LogP contribution in [0.3, 0.4) is 0 Å². The summed E-state index contributed by atoms with van der Waals surface area (Å²) >= 11 is 0. The van der Waals surface area contributed by atoms with Crippen LogP contribution in [0.4, 0.5) is 0 Å². The number of nitrogens with one attached hydrogen (secondary N) is 1. The molecule has 1 unspecified atom stereocenters. The van der Waals surface area contributed by atoms with Crippen molar-refractivity contribution in [2.75, 3.05) is 13.7 Å². The van der Waals surface area contributed by atoms with Gasteiger partial charge in [0.05, 0.1) is 13.7 Å². The van der Waals surface area contributed by atoms with Crippen LogP contribution in [-0.2, 0) is 16.1 Å². The number of carbonyl (C=O) groups excluding carboxylic acids is 2. The van der Waals surface area contributed by atoms with E-state index in [0.29, 0.717) is 17.1 Å². The van der Waals surface area contributed by atoms with Gasteiger partial charge in [-0.25, -0.2) is 4.79 Å². The van der Waals surface area contributed by atoms with Crippen molar-refractivity contribution in [2.24, 2.45) is 11.7 Å². The molecule has 0 saturated carbocycles. The molecule has 0 spiro atoms. The summed E-state index contributed by atoms with van der Waals surface area (Å²) in [5, 5.41) is 2.68. The maximum atomic E-state index is 11.5. The highest BCUT2D eigenvalue weighted by atomic mass is 16.5. The summed E-state index contributed by atoms with van der Waals surface area (Å²) in [7, 11) is 1.30. The number of hydrogen-bond donors (Lipinski definition) is 2. The number of esters is 1. The zero-order chi connectivity index (χ0) is 13.7. The lowest BCUT2D eigenvalue weighted by Crippen LogP contribution is -2.32. The lowest BCUT2D eigenvalue weighted by molar-refractivity contribution is -0.124. The number of nitrogens with two attached hydrogens (primary N) is 1. The third kappa shape index (κ3) is 3.33.